The Balaban J connectivity index is 2.35. The van der Waals surface area contributed by atoms with E-state index in [0.717, 1.165) is 0 Å². The highest BCUT2D eigenvalue weighted by molar-refractivity contribution is 6.39. The van der Waals surface area contributed by atoms with Gasteiger partial charge in [0.05, 0.1) is 15.7 Å². The zero-order valence-corrected chi connectivity index (χ0v) is 10.00. The van der Waals surface area contributed by atoms with Crippen LogP contribution in [0.1, 0.15) is 0 Å². The van der Waals surface area contributed by atoms with Crippen molar-refractivity contribution in [2.24, 2.45) is 0 Å². The molecular weight excluding hydrogens is 263 g/mol. The van der Waals surface area contributed by atoms with E-state index in [1.54, 1.807) is 18.2 Å². The number of para-hydroxylation sites is 1. The first-order valence-electron chi connectivity index (χ1n) is 4.54. The van der Waals surface area contributed by atoms with Gasteiger partial charge in [-0.05, 0) is 12.1 Å². The Morgan fingerprint density at radius 1 is 1.00 bits per heavy atom. The van der Waals surface area contributed by atoms with Crippen molar-refractivity contribution in [2.45, 2.75) is 0 Å². The van der Waals surface area contributed by atoms with Gasteiger partial charge in [0.2, 0.25) is 5.95 Å². The van der Waals surface area contributed by atoms with Crippen molar-refractivity contribution in [3.8, 4) is 0 Å². The van der Waals surface area contributed by atoms with Crippen LogP contribution in [0.15, 0.2) is 18.2 Å². The van der Waals surface area contributed by atoms with Crippen LogP contribution in [-0.4, -0.2) is 15.2 Å². The van der Waals surface area contributed by atoms with Crippen LogP contribution in [-0.2, 0) is 0 Å². The van der Waals surface area contributed by atoms with E-state index in [2.05, 4.69) is 20.5 Å². The van der Waals surface area contributed by atoms with Crippen LogP contribution >= 0.6 is 23.2 Å². The Morgan fingerprint density at radius 2 is 1.65 bits per heavy atom. The molecule has 0 saturated carbocycles. The number of nitrogens with zero attached hydrogens (tertiary/aromatic N) is 3. The molecule has 0 aliphatic carbocycles. The number of hydrogen-bond acceptors (Lipinski definition) is 6. The number of hydrogen-bond donors (Lipinski definition) is 3. The standard InChI is InChI=1S/C9H8Cl2N6/c10-4-2-1-3-5(11)6(4)14-9-15-7(12)8(13)16-17-9/h1-3H,(H2,13,16)(H3,12,14,15,17). The summed E-state index contributed by atoms with van der Waals surface area (Å²) in [6, 6.07) is 5.10. The molecule has 0 radical (unpaired) electrons. The lowest BCUT2D eigenvalue weighted by Gasteiger charge is -2.08. The van der Waals surface area contributed by atoms with E-state index in [-0.39, 0.29) is 17.6 Å². The highest BCUT2D eigenvalue weighted by Crippen LogP contribution is 2.31. The predicted octanol–water partition coefficient (Wildman–Crippen LogP) is 2.09. The predicted molar refractivity (Wildman–Crippen MR) is 68.4 cm³/mol. The summed E-state index contributed by atoms with van der Waals surface area (Å²) in [5, 5.41) is 11.1. The second kappa shape index (κ2) is 4.60. The van der Waals surface area contributed by atoms with Gasteiger partial charge in [-0.1, -0.05) is 29.3 Å². The third-order valence-electron chi connectivity index (χ3n) is 1.94. The van der Waals surface area contributed by atoms with Crippen LogP contribution in [0, 0.1) is 0 Å². The second-order valence-corrected chi connectivity index (χ2v) is 3.94. The molecule has 1 aromatic heterocycles. The molecule has 0 aliphatic rings. The van der Waals surface area contributed by atoms with Gasteiger partial charge in [0.1, 0.15) is 0 Å². The molecule has 17 heavy (non-hydrogen) atoms. The minimum Gasteiger partial charge on any atom is -0.380 e. The van der Waals surface area contributed by atoms with E-state index < -0.39 is 0 Å². The summed E-state index contributed by atoms with van der Waals surface area (Å²) >= 11 is 11.9. The molecule has 5 N–H and O–H groups in total. The zero-order chi connectivity index (χ0) is 12.4. The fraction of sp³-hybridized carbons (Fsp3) is 0. The molecular formula is C9H8Cl2N6. The summed E-state index contributed by atoms with van der Waals surface area (Å²) in [5.41, 5.74) is 11.4. The molecule has 1 aromatic carbocycles. The third-order valence-corrected chi connectivity index (χ3v) is 2.57. The van der Waals surface area contributed by atoms with Crippen LogP contribution in [0.2, 0.25) is 10.0 Å². The molecule has 6 nitrogen and oxygen atoms in total. The topological polar surface area (TPSA) is 103 Å². The van der Waals surface area contributed by atoms with Gasteiger partial charge in [-0.25, -0.2) is 0 Å². The Hall–Kier alpha value is -1.79. The molecule has 8 heteroatoms. The van der Waals surface area contributed by atoms with E-state index >= 15 is 0 Å². The zero-order valence-electron chi connectivity index (χ0n) is 8.48. The minimum absolute atomic E-state index is 0.0702. The van der Waals surface area contributed by atoms with Crippen LogP contribution < -0.4 is 16.8 Å². The number of halogens is 2. The lowest BCUT2D eigenvalue weighted by Crippen LogP contribution is -2.07. The van der Waals surface area contributed by atoms with Gasteiger partial charge in [0, 0.05) is 0 Å². The number of anilines is 4. The lowest BCUT2D eigenvalue weighted by atomic mass is 10.3. The number of benzene rings is 1. The van der Waals surface area contributed by atoms with Crippen molar-refractivity contribution >= 4 is 46.5 Å². The van der Waals surface area contributed by atoms with Gasteiger partial charge >= 0.3 is 0 Å². The highest BCUT2D eigenvalue weighted by Gasteiger charge is 2.08. The van der Waals surface area contributed by atoms with Gasteiger partial charge in [-0.2, -0.15) is 4.98 Å². The number of aromatic nitrogens is 3. The van der Waals surface area contributed by atoms with Crippen molar-refractivity contribution in [2.75, 3.05) is 16.8 Å². The molecule has 0 unspecified atom stereocenters. The molecule has 0 spiro atoms. The van der Waals surface area contributed by atoms with Crippen LogP contribution in [0.5, 0.6) is 0 Å². The van der Waals surface area contributed by atoms with Gasteiger partial charge in [0.25, 0.3) is 0 Å². The molecule has 0 aliphatic heterocycles. The molecule has 0 atom stereocenters. The summed E-state index contributed by atoms with van der Waals surface area (Å²) in [6.07, 6.45) is 0. The van der Waals surface area contributed by atoms with Crippen LogP contribution in [0.3, 0.4) is 0 Å². The van der Waals surface area contributed by atoms with Crippen molar-refractivity contribution in [3.05, 3.63) is 28.2 Å². The van der Waals surface area contributed by atoms with Gasteiger partial charge < -0.3 is 16.8 Å². The first-order chi connectivity index (χ1) is 8.08. The highest BCUT2D eigenvalue weighted by atomic mass is 35.5. The van der Waals surface area contributed by atoms with Crippen LogP contribution in [0.25, 0.3) is 0 Å². The van der Waals surface area contributed by atoms with Gasteiger partial charge in [-0.15, -0.1) is 10.2 Å². The monoisotopic (exact) mass is 270 g/mol. The minimum atomic E-state index is 0.0702. The number of nitrogens with two attached hydrogens (primary N) is 2. The summed E-state index contributed by atoms with van der Waals surface area (Å²) < 4.78 is 0. The van der Waals surface area contributed by atoms with Crippen molar-refractivity contribution in [1.82, 2.24) is 15.2 Å². The Labute approximate surface area is 107 Å². The maximum atomic E-state index is 5.97. The van der Waals surface area contributed by atoms with E-state index in [4.69, 9.17) is 34.7 Å². The van der Waals surface area contributed by atoms with E-state index in [9.17, 15) is 0 Å². The molecule has 2 rings (SSSR count). The van der Waals surface area contributed by atoms with Crippen molar-refractivity contribution in [3.63, 3.8) is 0 Å². The van der Waals surface area contributed by atoms with E-state index in [1.807, 2.05) is 0 Å². The van der Waals surface area contributed by atoms with Crippen molar-refractivity contribution < 1.29 is 0 Å². The Morgan fingerprint density at radius 3 is 2.24 bits per heavy atom. The number of nitrogen functional groups attached to an aromatic ring is 2. The van der Waals surface area contributed by atoms with E-state index in [1.165, 1.54) is 0 Å². The molecule has 2 aromatic rings. The van der Waals surface area contributed by atoms with Gasteiger partial charge in [0.15, 0.2) is 11.6 Å². The SMILES string of the molecule is Nc1nnc(Nc2c(Cl)cccc2Cl)nc1N. The smallest absolute Gasteiger partial charge is 0.249 e. The van der Waals surface area contributed by atoms with Crippen LogP contribution in [0.4, 0.5) is 23.3 Å². The molecule has 0 saturated heterocycles. The molecule has 0 bridgehead atoms. The molecule has 88 valence electrons. The second-order valence-electron chi connectivity index (χ2n) is 3.13. The fourth-order valence-corrected chi connectivity index (χ4v) is 1.62. The maximum Gasteiger partial charge on any atom is 0.249 e. The molecule has 0 amide bonds. The first-order valence-corrected chi connectivity index (χ1v) is 5.30. The largest absolute Gasteiger partial charge is 0.380 e. The first kappa shape index (κ1) is 11.7. The average molecular weight is 271 g/mol. The van der Waals surface area contributed by atoms with E-state index in [0.29, 0.717) is 15.7 Å². The summed E-state index contributed by atoms with van der Waals surface area (Å²) in [4.78, 5) is 3.90. The molecule has 0 fully saturated rings. The Kier molecular flexibility index (Phi) is 3.16. The number of rotatable bonds is 2. The summed E-state index contributed by atoms with van der Waals surface area (Å²) in [6.45, 7) is 0. The molecule has 1 heterocycles. The van der Waals surface area contributed by atoms with Crippen molar-refractivity contribution in [1.29, 1.82) is 0 Å². The fourth-order valence-electron chi connectivity index (χ4n) is 1.13. The van der Waals surface area contributed by atoms with Gasteiger partial charge in [-0.3, -0.25) is 0 Å². The Bertz CT molecular complexity index is 539. The maximum absolute atomic E-state index is 5.97. The summed E-state index contributed by atoms with van der Waals surface area (Å²) in [5.74, 6) is 0.332. The number of nitrogens with one attached hydrogen (secondary N) is 1. The third kappa shape index (κ3) is 2.48. The lowest BCUT2D eigenvalue weighted by molar-refractivity contribution is 0.996. The average Bonchev–Trinajstić information content (AvgIpc) is 2.28. The normalized spacial score (nSPS) is 10.2. The summed E-state index contributed by atoms with van der Waals surface area (Å²) in [7, 11) is 0. The quantitative estimate of drug-likeness (QED) is 0.772.